The quantitative estimate of drug-likeness (QED) is 0.860. The van der Waals surface area contributed by atoms with E-state index in [0.717, 1.165) is 11.3 Å². The third-order valence-corrected chi connectivity index (χ3v) is 5.46. The number of carbonyl (C=O) groups excluding carboxylic acids is 1. The molecule has 1 aromatic heterocycles. The highest BCUT2D eigenvalue weighted by Gasteiger charge is 2.27. The highest BCUT2D eigenvalue weighted by atomic mass is 16.5. The molecule has 1 aliphatic carbocycles. The predicted molar refractivity (Wildman–Crippen MR) is 104 cm³/mol. The van der Waals surface area contributed by atoms with Gasteiger partial charge >= 0.3 is 0 Å². The second kappa shape index (κ2) is 8.42. The zero-order valence-electron chi connectivity index (χ0n) is 15.5. The second-order valence-electron chi connectivity index (χ2n) is 7.47. The lowest BCUT2D eigenvalue weighted by molar-refractivity contribution is -0.121. The van der Waals surface area contributed by atoms with E-state index >= 15 is 0 Å². The van der Waals surface area contributed by atoms with Crippen LogP contribution in [-0.2, 0) is 11.2 Å². The van der Waals surface area contributed by atoms with Crippen LogP contribution in [0.3, 0.4) is 0 Å². The summed E-state index contributed by atoms with van der Waals surface area (Å²) in [7, 11) is 0. The molecule has 1 aliphatic heterocycles. The topological polar surface area (TPSA) is 60.5 Å². The molecule has 1 aromatic carbocycles. The Balaban J connectivity index is 1.38. The van der Waals surface area contributed by atoms with Gasteiger partial charge in [0.25, 0.3) is 0 Å². The zero-order valence-corrected chi connectivity index (χ0v) is 15.5. The average molecular weight is 366 g/mol. The number of aromatic nitrogens is 1. The predicted octanol–water partition coefficient (Wildman–Crippen LogP) is 4.23. The van der Waals surface area contributed by atoms with Crippen molar-refractivity contribution in [3.8, 4) is 11.5 Å². The van der Waals surface area contributed by atoms with Crippen LogP contribution in [-0.4, -0.2) is 24.1 Å². The average Bonchev–Trinajstić information content (AvgIpc) is 2.73. The molecule has 27 heavy (non-hydrogen) atoms. The van der Waals surface area contributed by atoms with Crippen LogP contribution in [0.4, 0.5) is 5.82 Å². The number of nitrogens with zero attached hydrogens (tertiary/aromatic N) is 1. The summed E-state index contributed by atoms with van der Waals surface area (Å²) in [5.41, 5.74) is 1.07. The largest absolute Gasteiger partial charge is 0.492 e. The van der Waals surface area contributed by atoms with Crippen molar-refractivity contribution >= 4 is 11.7 Å². The number of para-hydroxylation sites is 1. The van der Waals surface area contributed by atoms with Gasteiger partial charge in [0.1, 0.15) is 12.4 Å². The SMILES string of the molecule is O=C(Nc1ncccc1OCC1CCCCC1)C1COc2ccccc2C1. The van der Waals surface area contributed by atoms with E-state index < -0.39 is 0 Å². The number of pyridine rings is 1. The maximum atomic E-state index is 12.7. The van der Waals surface area contributed by atoms with Crippen molar-refractivity contribution in [1.82, 2.24) is 4.98 Å². The maximum Gasteiger partial charge on any atom is 0.232 e. The van der Waals surface area contributed by atoms with Gasteiger partial charge in [0.05, 0.1) is 12.5 Å². The van der Waals surface area contributed by atoms with Crippen LogP contribution >= 0.6 is 0 Å². The summed E-state index contributed by atoms with van der Waals surface area (Å²) in [6.45, 7) is 1.07. The Labute approximate surface area is 160 Å². The molecule has 1 unspecified atom stereocenters. The Morgan fingerprint density at radius 1 is 1.15 bits per heavy atom. The Hall–Kier alpha value is -2.56. The van der Waals surface area contributed by atoms with Crippen LogP contribution < -0.4 is 14.8 Å². The van der Waals surface area contributed by atoms with Crippen LogP contribution in [0.5, 0.6) is 11.5 Å². The van der Waals surface area contributed by atoms with Gasteiger partial charge in [0, 0.05) is 6.20 Å². The first-order valence-electron chi connectivity index (χ1n) is 9.89. The standard InChI is InChI=1S/C22H26N2O3/c25-22(18-13-17-9-4-5-10-19(17)27-15-18)24-21-20(11-6-12-23-21)26-14-16-7-2-1-3-8-16/h4-6,9-12,16,18H,1-3,7-8,13-15H2,(H,23,24,25). The summed E-state index contributed by atoms with van der Waals surface area (Å²) in [5, 5.41) is 2.94. The number of nitrogens with one attached hydrogen (secondary N) is 1. The van der Waals surface area contributed by atoms with Crippen LogP contribution in [0.1, 0.15) is 37.7 Å². The Morgan fingerprint density at radius 3 is 2.89 bits per heavy atom. The van der Waals surface area contributed by atoms with E-state index in [1.54, 1.807) is 6.20 Å². The fourth-order valence-electron chi connectivity index (χ4n) is 3.88. The van der Waals surface area contributed by atoms with E-state index in [9.17, 15) is 4.79 Å². The molecule has 0 radical (unpaired) electrons. The molecule has 0 saturated heterocycles. The van der Waals surface area contributed by atoms with Crippen molar-refractivity contribution in [1.29, 1.82) is 0 Å². The summed E-state index contributed by atoms with van der Waals surface area (Å²) in [4.78, 5) is 17.1. The molecule has 1 saturated carbocycles. The summed E-state index contributed by atoms with van der Waals surface area (Å²) in [6, 6.07) is 11.6. The van der Waals surface area contributed by atoms with Gasteiger partial charge in [-0.3, -0.25) is 4.79 Å². The first kappa shape index (κ1) is 17.8. The number of hydrogen-bond acceptors (Lipinski definition) is 4. The molecule has 2 aromatic rings. The van der Waals surface area contributed by atoms with E-state index in [-0.39, 0.29) is 11.8 Å². The number of fused-ring (bicyclic) bond motifs is 1. The van der Waals surface area contributed by atoms with Crippen molar-refractivity contribution in [3.05, 3.63) is 48.2 Å². The van der Waals surface area contributed by atoms with Gasteiger partial charge in [0.2, 0.25) is 5.91 Å². The Bertz CT molecular complexity index is 787. The number of carbonyl (C=O) groups is 1. The summed E-state index contributed by atoms with van der Waals surface area (Å²) >= 11 is 0. The minimum atomic E-state index is -0.229. The highest BCUT2D eigenvalue weighted by molar-refractivity contribution is 5.93. The first-order valence-corrected chi connectivity index (χ1v) is 9.89. The molecule has 1 amide bonds. The van der Waals surface area contributed by atoms with E-state index in [1.807, 2.05) is 36.4 Å². The molecule has 1 fully saturated rings. The highest BCUT2D eigenvalue weighted by Crippen LogP contribution is 2.29. The Morgan fingerprint density at radius 2 is 2.00 bits per heavy atom. The smallest absolute Gasteiger partial charge is 0.232 e. The van der Waals surface area contributed by atoms with Crippen LogP contribution in [0.15, 0.2) is 42.6 Å². The van der Waals surface area contributed by atoms with Crippen molar-refractivity contribution in [2.75, 3.05) is 18.5 Å². The number of benzene rings is 1. The zero-order chi connectivity index (χ0) is 18.5. The van der Waals surface area contributed by atoms with Gasteiger partial charge in [-0.25, -0.2) is 4.98 Å². The number of amides is 1. The summed E-state index contributed by atoms with van der Waals surface area (Å²) < 4.78 is 11.8. The molecule has 2 aliphatic rings. The minimum Gasteiger partial charge on any atom is -0.492 e. The number of hydrogen-bond donors (Lipinski definition) is 1. The van der Waals surface area contributed by atoms with E-state index in [2.05, 4.69) is 10.3 Å². The van der Waals surface area contributed by atoms with Gasteiger partial charge in [-0.05, 0) is 48.9 Å². The second-order valence-corrected chi connectivity index (χ2v) is 7.47. The van der Waals surface area contributed by atoms with Crippen molar-refractivity contribution in [2.24, 2.45) is 11.8 Å². The van der Waals surface area contributed by atoms with E-state index in [1.165, 1.54) is 32.1 Å². The number of rotatable bonds is 5. The van der Waals surface area contributed by atoms with Crippen LogP contribution in [0.2, 0.25) is 0 Å². The van der Waals surface area contributed by atoms with Crippen LogP contribution in [0.25, 0.3) is 0 Å². The number of ether oxygens (including phenoxy) is 2. The van der Waals surface area contributed by atoms with Crippen molar-refractivity contribution < 1.29 is 14.3 Å². The molecular weight excluding hydrogens is 340 g/mol. The lowest BCUT2D eigenvalue weighted by atomic mass is 9.90. The third kappa shape index (κ3) is 4.41. The van der Waals surface area contributed by atoms with Crippen molar-refractivity contribution in [2.45, 2.75) is 38.5 Å². The fourth-order valence-corrected chi connectivity index (χ4v) is 3.88. The van der Waals surface area contributed by atoms with Gasteiger partial charge in [-0.2, -0.15) is 0 Å². The lowest BCUT2D eigenvalue weighted by Crippen LogP contribution is -2.33. The van der Waals surface area contributed by atoms with Gasteiger partial charge in [-0.1, -0.05) is 37.5 Å². The molecule has 1 atom stereocenters. The third-order valence-electron chi connectivity index (χ3n) is 5.46. The normalized spacial score (nSPS) is 19.6. The monoisotopic (exact) mass is 366 g/mol. The molecule has 0 bridgehead atoms. The van der Waals surface area contributed by atoms with E-state index in [4.69, 9.17) is 9.47 Å². The molecule has 1 N–H and O–H groups in total. The van der Waals surface area contributed by atoms with Gasteiger partial charge in [0.15, 0.2) is 11.6 Å². The van der Waals surface area contributed by atoms with Gasteiger partial charge in [-0.15, -0.1) is 0 Å². The maximum absolute atomic E-state index is 12.7. The number of anilines is 1. The van der Waals surface area contributed by atoms with Crippen LogP contribution in [0, 0.1) is 11.8 Å². The summed E-state index contributed by atoms with van der Waals surface area (Å²) in [5.74, 6) is 2.31. The molecule has 142 valence electrons. The van der Waals surface area contributed by atoms with Crippen molar-refractivity contribution in [3.63, 3.8) is 0 Å². The molecular formula is C22H26N2O3. The molecule has 4 rings (SSSR count). The van der Waals surface area contributed by atoms with E-state index in [0.29, 0.717) is 37.1 Å². The fraction of sp³-hybridized carbons (Fsp3) is 0.455. The lowest BCUT2D eigenvalue weighted by Gasteiger charge is -2.25. The van der Waals surface area contributed by atoms with Gasteiger partial charge < -0.3 is 14.8 Å². The Kier molecular flexibility index (Phi) is 5.56. The molecule has 0 spiro atoms. The summed E-state index contributed by atoms with van der Waals surface area (Å²) in [6.07, 6.45) is 8.70. The molecule has 5 heteroatoms. The molecule has 2 heterocycles. The first-order chi connectivity index (χ1) is 13.3. The molecule has 5 nitrogen and oxygen atoms in total. The minimum absolute atomic E-state index is 0.0780.